The Morgan fingerprint density at radius 1 is 1.23 bits per heavy atom. The quantitative estimate of drug-likeness (QED) is 0.822. The summed E-state index contributed by atoms with van der Waals surface area (Å²) in [6, 6.07) is 3.44. The minimum absolute atomic E-state index is 0.0397. The highest BCUT2D eigenvalue weighted by Gasteiger charge is 2.39. The fourth-order valence-corrected chi connectivity index (χ4v) is 3.35. The van der Waals surface area contributed by atoms with Crippen LogP contribution < -0.4 is 10.1 Å². The Morgan fingerprint density at radius 2 is 1.96 bits per heavy atom. The van der Waals surface area contributed by atoms with E-state index < -0.39 is 5.54 Å². The molecule has 0 aromatic carbocycles. The molecule has 1 fully saturated rings. The summed E-state index contributed by atoms with van der Waals surface area (Å²) in [6.45, 7) is 5.64. The van der Waals surface area contributed by atoms with Crippen LogP contribution in [0, 0.1) is 6.92 Å². The third-order valence-corrected chi connectivity index (χ3v) is 4.62. The van der Waals surface area contributed by atoms with Gasteiger partial charge in [0, 0.05) is 19.2 Å². The molecule has 1 aliphatic carbocycles. The lowest BCUT2D eigenvalue weighted by molar-refractivity contribution is 0.0876. The zero-order chi connectivity index (χ0) is 18.6. The number of pyridine rings is 1. The van der Waals surface area contributed by atoms with Crippen molar-refractivity contribution in [1.29, 1.82) is 0 Å². The van der Waals surface area contributed by atoms with Crippen LogP contribution in [-0.4, -0.2) is 27.1 Å². The van der Waals surface area contributed by atoms with Crippen molar-refractivity contribution in [1.82, 2.24) is 20.4 Å². The molecule has 2 heterocycles. The number of rotatable bonds is 5. The van der Waals surface area contributed by atoms with Gasteiger partial charge in [0.25, 0.3) is 5.91 Å². The zero-order valence-electron chi connectivity index (χ0n) is 15.6. The number of hydrogen-bond acceptors (Lipinski definition) is 6. The number of ether oxygens (including phenoxy) is 1. The Morgan fingerprint density at radius 3 is 2.50 bits per heavy atom. The van der Waals surface area contributed by atoms with Gasteiger partial charge in [0.05, 0.1) is 11.7 Å². The van der Waals surface area contributed by atoms with Crippen LogP contribution in [0.1, 0.15) is 74.4 Å². The lowest BCUT2D eigenvalue weighted by Gasteiger charge is -2.30. The van der Waals surface area contributed by atoms with E-state index in [0.717, 1.165) is 38.5 Å². The van der Waals surface area contributed by atoms with Crippen molar-refractivity contribution in [3.8, 4) is 5.88 Å². The lowest BCUT2D eigenvalue weighted by Crippen LogP contribution is -2.46. The van der Waals surface area contributed by atoms with Gasteiger partial charge in [0.2, 0.25) is 11.8 Å². The van der Waals surface area contributed by atoms with Crippen LogP contribution >= 0.6 is 0 Å². The summed E-state index contributed by atoms with van der Waals surface area (Å²) in [4.78, 5) is 21.5. The summed E-state index contributed by atoms with van der Waals surface area (Å²) >= 11 is 0. The molecule has 1 N–H and O–H groups in total. The molecular weight excluding hydrogens is 332 g/mol. The first kappa shape index (κ1) is 18.4. The highest BCUT2D eigenvalue weighted by Crippen LogP contribution is 2.35. The molecule has 1 aliphatic rings. The van der Waals surface area contributed by atoms with Crippen molar-refractivity contribution in [2.24, 2.45) is 0 Å². The van der Waals surface area contributed by atoms with Gasteiger partial charge in [-0.3, -0.25) is 4.79 Å². The Bertz CT molecular complexity index is 731. The number of hydrogen-bond donors (Lipinski definition) is 1. The molecule has 7 nitrogen and oxygen atoms in total. The number of carbonyl (C=O) groups is 1. The van der Waals surface area contributed by atoms with E-state index in [1.54, 1.807) is 25.3 Å². The second-order valence-corrected chi connectivity index (χ2v) is 7.14. The summed E-state index contributed by atoms with van der Waals surface area (Å²) in [6.07, 6.45) is 7.53. The minimum atomic E-state index is -0.585. The van der Waals surface area contributed by atoms with E-state index in [4.69, 9.17) is 9.26 Å². The van der Waals surface area contributed by atoms with Gasteiger partial charge >= 0.3 is 0 Å². The Hall–Kier alpha value is -2.44. The van der Waals surface area contributed by atoms with E-state index in [0.29, 0.717) is 23.2 Å². The van der Waals surface area contributed by atoms with Crippen LogP contribution in [0.3, 0.4) is 0 Å². The highest BCUT2D eigenvalue weighted by atomic mass is 16.5. The molecule has 140 valence electrons. The molecule has 0 radical (unpaired) electrons. The first-order chi connectivity index (χ1) is 12.5. The molecule has 0 spiro atoms. The van der Waals surface area contributed by atoms with Crippen LogP contribution in [0.25, 0.3) is 0 Å². The summed E-state index contributed by atoms with van der Waals surface area (Å²) in [5, 5.41) is 7.28. The van der Waals surface area contributed by atoms with Crippen molar-refractivity contribution in [3.05, 3.63) is 35.6 Å². The van der Waals surface area contributed by atoms with Crippen molar-refractivity contribution >= 4 is 5.91 Å². The van der Waals surface area contributed by atoms with E-state index in [1.807, 2.05) is 13.8 Å². The van der Waals surface area contributed by atoms with Gasteiger partial charge < -0.3 is 14.6 Å². The Balaban J connectivity index is 1.81. The molecule has 1 amide bonds. The van der Waals surface area contributed by atoms with Crippen molar-refractivity contribution in [2.75, 3.05) is 0 Å². The summed E-state index contributed by atoms with van der Waals surface area (Å²) in [5.41, 5.74) is -0.0942. The summed E-state index contributed by atoms with van der Waals surface area (Å²) in [7, 11) is 0. The van der Waals surface area contributed by atoms with Crippen molar-refractivity contribution in [2.45, 2.75) is 70.9 Å². The zero-order valence-corrected chi connectivity index (χ0v) is 15.6. The third-order valence-electron chi connectivity index (χ3n) is 4.62. The Kier molecular flexibility index (Phi) is 5.54. The molecule has 1 saturated carbocycles. The maximum atomic E-state index is 12.9. The van der Waals surface area contributed by atoms with Gasteiger partial charge in [-0.15, -0.1) is 0 Å². The maximum absolute atomic E-state index is 12.9. The lowest BCUT2D eigenvalue weighted by atomic mass is 9.88. The fraction of sp³-hybridized carbons (Fsp3) is 0.579. The molecule has 26 heavy (non-hydrogen) atoms. The molecular formula is C19H26N4O3. The standard InChI is InChI=1S/C19H26N4O3/c1-13(2)25-16-9-8-15(12-20-16)17(24)22-19(10-6-4-5-7-11-19)18-21-14(3)26-23-18/h8-9,12-13H,4-7,10-11H2,1-3H3,(H,22,24). The minimum Gasteiger partial charge on any atom is -0.475 e. The predicted molar refractivity (Wildman–Crippen MR) is 95.9 cm³/mol. The first-order valence-electron chi connectivity index (χ1n) is 9.24. The normalized spacial score (nSPS) is 16.9. The van der Waals surface area contributed by atoms with Crippen LogP contribution in [0.5, 0.6) is 5.88 Å². The van der Waals surface area contributed by atoms with Gasteiger partial charge in [0.15, 0.2) is 5.82 Å². The van der Waals surface area contributed by atoms with Crippen molar-refractivity contribution < 1.29 is 14.1 Å². The van der Waals surface area contributed by atoms with E-state index in [1.165, 1.54) is 0 Å². The molecule has 0 bridgehead atoms. The van der Waals surface area contributed by atoms with E-state index in [2.05, 4.69) is 20.4 Å². The van der Waals surface area contributed by atoms with Crippen LogP contribution in [0.4, 0.5) is 0 Å². The van der Waals surface area contributed by atoms with Crippen LogP contribution in [-0.2, 0) is 5.54 Å². The van der Waals surface area contributed by atoms with Crippen LogP contribution in [0.15, 0.2) is 22.9 Å². The SMILES string of the molecule is Cc1nc(C2(NC(=O)c3ccc(OC(C)C)nc3)CCCCCC2)no1. The third kappa shape index (κ3) is 4.20. The molecule has 2 aromatic heterocycles. The maximum Gasteiger partial charge on any atom is 0.253 e. The Labute approximate surface area is 153 Å². The van der Waals surface area contributed by atoms with Crippen molar-refractivity contribution in [3.63, 3.8) is 0 Å². The molecule has 7 heteroatoms. The monoisotopic (exact) mass is 358 g/mol. The molecule has 0 unspecified atom stereocenters. The largest absolute Gasteiger partial charge is 0.475 e. The molecule has 3 rings (SSSR count). The number of nitrogens with zero attached hydrogens (tertiary/aromatic N) is 3. The number of nitrogens with one attached hydrogen (secondary N) is 1. The second-order valence-electron chi connectivity index (χ2n) is 7.14. The number of aryl methyl sites for hydroxylation is 1. The summed E-state index contributed by atoms with van der Waals surface area (Å²) in [5.74, 6) is 1.40. The van der Waals surface area contributed by atoms with E-state index >= 15 is 0 Å². The smallest absolute Gasteiger partial charge is 0.253 e. The topological polar surface area (TPSA) is 90.1 Å². The average Bonchev–Trinajstić information content (AvgIpc) is 2.91. The fourth-order valence-electron chi connectivity index (χ4n) is 3.35. The molecule has 0 atom stereocenters. The number of aromatic nitrogens is 3. The van der Waals surface area contributed by atoms with Gasteiger partial charge in [-0.2, -0.15) is 4.98 Å². The molecule has 2 aromatic rings. The van der Waals surface area contributed by atoms with Gasteiger partial charge in [-0.25, -0.2) is 4.98 Å². The predicted octanol–water partition coefficient (Wildman–Crippen LogP) is 3.54. The number of carbonyl (C=O) groups excluding carboxylic acids is 1. The molecule has 0 aliphatic heterocycles. The average molecular weight is 358 g/mol. The summed E-state index contributed by atoms with van der Waals surface area (Å²) < 4.78 is 10.7. The highest BCUT2D eigenvalue weighted by molar-refractivity contribution is 5.94. The van der Waals surface area contributed by atoms with Gasteiger partial charge in [-0.1, -0.05) is 30.8 Å². The first-order valence-corrected chi connectivity index (χ1v) is 9.24. The van der Waals surface area contributed by atoms with Gasteiger partial charge in [0.1, 0.15) is 5.54 Å². The molecule has 0 saturated heterocycles. The van der Waals surface area contributed by atoms with Gasteiger partial charge in [-0.05, 0) is 32.8 Å². The number of amides is 1. The second kappa shape index (κ2) is 7.85. The van der Waals surface area contributed by atoms with Crippen LogP contribution in [0.2, 0.25) is 0 Å². The van der Waals surface area contributed by atoms with E-state index in [-0.39, 0.29) is 12.0 Å². The van der Waals surface area contributed by atoms with E-state index in [9.17, 15) is 4.79 Å².